The van der Waals surface area contributed by atoms with E-state index >= 15 is 0 Å². The van der Waals surface area contributed by atoms with Crippen LogP contribution in [0.15, 0.2) is 66.0 Å². The summed E-state index contributed by atoms with van der Waals surface area (Å²) >= 11 is 0. The van der Waals surface area contributed by atoms with E-state index in [-0.39, 0.29) is 0 Å². The number of rotatable bonds is 2. The topological polar surface area (TPSA) is 40.5 Å². The van der Waals surface area contributed by atoms with Crippen LogP contribution in [-0.2, 0) is 0 Å². The van der Waals surface area contributed by atoms with Crippen LogP contribution in [0.3, 0.4) is 0 Å². The van der Waals surface area contributed by atoms with Gasteiger partial charge in [-0.15, -0.1) is 0 Å². The molecular weight excluding hydrogens is 196 g/mol. The minimum Gasteiger partial charge on any atom is -0.300 e. The molecule has 1 aliphatic rings. The van der Waals surface area contributed by atoms with Gasteiger partial charge in [0.25, 0.3) is 0 Å². The predicted octanol–water partition coefficient (Wildman–Crippen LogP) is 1.98. The van der Waals surface area contributed by atoms with Crippen molar-refractivity contribution in [2.24, 2.45) is 0 Å². The fourth-order valence-electron chi connectivity index (χ4n) is 1.65. The zero-order chi connectivity index (χ0) is 11.4. The van der Waals surface area contributed by atoms with Crippen LogP contribution >= 0.6 is 0 Å². The van der Waals surface area contributed by atoms with Crippen molar-refractivity contribution in [2.45, 2.75) is 6.92 Å². The van der Waals surface area contributed by atoms with Gasteiger partial charge in [0.1, 0.15) is 5.70 Å². The van der Waals surface area contributed by atoms with E-state index in [0.29, 0.717) is 5.71 Å². The molecule has 0 bridgehead atoms. The van der Waals surface area contributed by atoms with Crippen LogP contribution in [0.1, 0.15) is 12.5 Å². The molecule has 2 nitrogen and oxygen atoms in total. The minimum absolute atomic E-state index is 0.590. The predicted molar refractivity (Wildman–Crippen MR) is 66.2 cm³/mol. The first-order valence-corrected chi connectivity index (χ1v) is 5.32. The van der Waals surface area contributed by atoms with Crippen molar-refractivity contribution in [3.8, 4) is 0 Å². The van der Waals surface area contributed by atoms with Crippen molar-refractivity contribution in [1.82, 2.24) is 0 Å². The van der Waals surface area contributed by atoms with Crippen LogP contribution in [0.4, 0.5) is 0 Å². The highest BCUT2D eigenvalue weighted by Crippen LogP contribution is 2.10. The van der Waals surface area contributed by atoms with E-state index < -0.39 is 0 Å². The van der Waals surface area contributed by atoms with Crippen LogP contribution in [0, 0.1) is 5.41 Å². The Labute approximate surface area is 95.5 Å². The Kier molecular flexibility index (Phi) is 3.13. The summed E-state index contributed by atoms with van der Waals surface area (Å²) in [5.41, 5.74) is 3.67. The first kappa shape index (κ1) is 10.6. The Balaban J connectivity index is 2.29. The highest BCUT2D eigenvalue weighted by molar-refractivity contribution is 6.10. The lowest BCUT2D eigenvalue weighted by Gasteiger charge is -2.08. The summed E-state index contributed by atoms with van der Waals surface area (Å²) in [6.45, 7) is 1.99. The molecule has 0 fully saturated rings. The van der Waals surface area contributed by atoms with Gasteiger partial charge in [0, 0.05) is 5.57 Å². The lowest BCUT2D eigenvalue weighted by Crippen LogP contribution is -2.76. The first-order valence-electron chi connectivity index (χ1n) is 5.32. The molecule has 1 heterocycles. The highest BCUT2D eigenvalue weighted by atomic mass is 14.9. The Morgan fingerprint density at radius 1 is 1.12 bits per heavy atom. The van der Waals surface area contributed by atoms with Gasteiger partial charge in [-0.1, -0.05) is 36.4 Å². The average molecular weight is 211 g/mol. The van der Waals surface area contributed by atoms with E-state index in [4.69, 9.17) is 5.41 Å². The Hall–Kier alpha value is -1.93. The Morgan fingerprint density at radius 3 is 2.50 bits per heavy atom. The first-order chi connectivity index (χ1) is 7.79. The summed E-state index contributed by atoms with van der Waals surface area (Å²) in [5.74, 6) is 0. The molecule has 16 heavy (non-hydrogen) atoms. The molecule has 1 aromatic rings. The zero-order valence-corrected chi connectivity index (χ0v) is 9.27. The fourth-order valence-corrected chi connectivity index (χ4v) is 1.65. The summed E-state index contributed by atoms with van der Waals surface area (Å²) < 4.78 is 0. The molecule has 0 unspecified atom stereocenters. The Morgan fingerprint density at radius 2 is 1.88 bits per heavy atom. The maximum atomic E-state index is 8.14. The number of benzene rings is 1. The van der Waals surface area contributed by atoms with Crippen molar-refractivity contribution in [1.29, 1.82) is 5.41 Å². The van der Waals surface area contributed by atoms with Crippen molar-refractivity contribution in [2.75, 3.05) is 0 Å². The van der Waals surface area contributed by atoms with Crippen molar-refractivity contribution in [3.05, 3.63) is 71.6 Å². The van der Waals surface area contributed by atoms with Gasteiger partial charge in [0.05, 0.1) is 11.9 Å². The maximum absolute atomic E-state index is 8.14. The van der Waals surface area contributed by atoms with E-state index in [1.165, 1.54) is 0 Å². The van der Waals surface area contributed by atoms with Gasteiger partial charge in [0.2, 0.25) is 0 Å². The van der Waals surface area contributed by atoms with Gasteiger partial charge in [-0.25, -0.2) is 0 Å². The molecule has 0 aliphatic carbocycles. The van der Waals surface area contributed by atoms with Gasteiger partial charge in [0.15, 0.2) is 0 Å². The maximum Gasteiger partial charge on any atom is 0.139 e. The molecule has 0 atom stereocenters. The third-order valence-electron chi connectivity index (χ3n) is 2.64. The second-order valence-corrected chi connectivity index (χ2v) is 3.73. The number of nitrogens with two attached hydrogens (primary N) is 1. The van der Waals surface area contributed by atoms with Crippen molar-refractivity contribution in [3.63, 3.8) is 0 Å². The molecule has 0 aromatic heterocycles. The van der Waals surface area contributed by atoms with Crippen LogP contribution in [-0.4, -0.2) is 5.71 Å². The monoisotopic (exact) mass is 211 g/mol. The number of nitrogens with one attached hydrogen (secondary N) is 1. The SMILES string of the molecule is C/C(C(=N)c1ccccc1)=C1\C=CC=C[NH2+]1. The zero-order valence-electron chi connectivity index (χ0n) is 9.27. The third kappa shape index (κ3) is 2.18. The quantitative estimate of drug-likeness (QED) is 0.702. The standard InChI is InChI=1S/C14H14N2/c1-11(13-9-5-6-10-16-13)14(15)12-7-3-2-4-8-12/h2-10,15-16H,1H3/p+1/b13-11-,15-14?. The van der Waals surface area contributed by atoms with Gasteiger partial charge < -0.3 is 0 Å². The number of hydrogen-bond donors (Lipinski definition) is 2. The molecule has 1 aromatic carbocycles. The molecular formula is C14H15N2+. The normalized spacial score (nSPS) is 17.3. The summed E-state index contributed by atoms with van der Waals surface area (Å²) in [4.78, 5) is 0. The van der Waals surface area contributed by atoms with E-state index in [1.54, 1.807) is 0 Å². The molecule has 2 rings (SSSR count). The van der Waals surface area contributed by atoms with E-state index in [1.807, 2.05) is 67.0 Å². The summed E-state index contributed by atoms with van der Waals surface area (Å²) in [6.07, 6.45) is 8.02. The molecule has 2 heteroatoms. The van der Waals surface area contributed by atoms with Gasteiger partial charge in [-0.3, -0.25) is 10.7 Å². The summed E-state index contributed by atoms with van der Waals surface area (Å²) in [5, 5.41) is 10.2. The lowest BCUT2D eigenvalue weighted by atomic mass is 10.0. The number of hydrogen-bond acceptors (Lipinski definition) is 1. The summed E-state index contributed by atoms with van der Waals surface area (Å²) in [7, 11) is 0. The van der Waals surface area contributed by atoms with Crippen LogP contribution in [0.2, 0.25) is 0 Å². The third-order valence-corrected chi connectivity index (χ3v) is 2.64. The molecule has 0 saturated carbocycles. The molecule has 0 saturated heterocycles. The second kappa shape index (κ2) is 4.73. The van der Waals surface area contributed by atoms with E-state index in [2.05, 4.69) is 0 Å². The van der Waals surface area contributed by atoms with Gasteiger partial charge in [-0.2, -0.15) is 0 Å². The van der Waals surface area contributed by atoms with Crippen molar-refractivity contribution < 1.29 is 5.32 Å². The van der Waals surface area contributed by atoms with Gasteiger partial charge in [-0.05, 0) is 24.6 Å². The molecule has 1 aliphatic heterocycles. The fraction of sp³-hybridized carbons (Fsp3) is 0.0714. The molecule has 80 valence electrons. The molecule has 0 amide bonds. The number of allylic oxidation sites excluding steroid dienone is 4. The van der Waals surface area contributed by atoms with Crippen LogP contribution in [0.25, 0.3) is 0 Å². The smallest absolute Gasteiger partial charge is 0.139 e. The minimum atomic E-state index is 0.590. The number of quaternary nitrogens is 1. The van der Waals surface area contributed by atoms with Crippen LogP contribution in [0.5, 0.6) is 0 Å². The highest BCUT2D eigenvalue weighted by Gasteiger charge is 2.10. The van der Waals surface area contributed by atoms with E-state index in [0.717, 1.165) is 16.8 Å². The van der Waals surface area contributed by atoms with Crippen LogP contribution < -0.4 is 5.32 Å². The molecule has 3 N–H and O–H groups in total. The largest absolute Gasteiger partial charge is 0.300 e. The lowest BCUT2D eigenvalue weighted by molar-refractivity contribution is -0.531. The van der Waals surface area contributed by atoms with E-state index in [9.17, 15) is 0 Å². The van der Waals surface area contributed by atoms with Gasteiger partial charge >= 0.3 is 0 Å². The molecule has 0 spiro atoms. The molecule has 0 radical (unpaired) electrons. The Bertz CT molecular complexity index is 479. The average Bonchev–Trinajstić information content (AvgIpc) is 2.39. The summed E-state index contributed by atoms with van der Waals surface area (Å²) in [6, 6.07) is 9.82. The van der Waals surface area contributed by atoms with Crippen molar-refractivity contribution >= 4 is 5.71 Å². The second-order valence-electron chi connectivity index (χ2n) is 3.73.